The highest BCUT2D eigenvalue weighted by molar-refractivity contribution is 5.68. The monoisotopic (exact) mass is 424 g/mol. The molecule has 5 rings (SSSR count). The fourth-order valence-electron chi connectivity index (χ4n) is 4.65. The highest BCUT2D eigenvalue weighted by Gasteiger charge is 2.49. The van der Waals surface area contributed by atoms with E-state index in [1.807, 2.05) is 13.8 Å². The molecule has 4 heterocycles. The van der Waals surface area contributed by atoms with Crippen molar-refractivity contribution in [1.82, 2.24) is 30.5 Å². The number of phenolic OH excluding ortho intramolecular Hbond substituents is 1. The molecule has 0 saturated carbocycles. The first kappa shape index (κ1) is 19.9. The third-order valence-corrected chi connectivity index (χ3v) is 6.24. The van der Waals surface area contributed by atoms with Gasteiger partial charge in [-0.15, -0.1) is 10.2 Å². The van der Waals surface area contributed by atoms with E-state index in [1.54, 1.807) is 36.5 Å². The highest BCUT2D eigenvalue weighted by Crippen LogP contribution is 2.37. The molecule has 0 aliphatic carbocycles. The number of ether oxygens (including phenoxy) is 1. The lowest BCUT2D eigenvalue weighted by Crippen LogP contribution is -2.66. The summed E-state index contributed by atoms with van der Waals surface area (Å²) in [4.78, 5) is 1.45. The summed E-state index contributed by atoms with van der Waals surface area (Å²) in [5.74, 6) is 0.325. The number of hydrogen-bond acceptors (Lipinski definition) is 7. The topological polar surface area (TPSA) is 98.0 Å². The molecule has 2 N–H and O–H groups in total. The van der Waals surface area contributed by atoms with Crippen LogP contribution in [0.2, 0.25) is 0 Å². The third kappa shape index (κ3) is 3.74. The molecule has 0 radical (unpaired) electrons. The number of alkyl halides is 1. The molecule has 31 heavy (non-hydrogen) atoms. The minimum Gasteiger partial charge on any atom is -0.507 e. The fourth-order valence-corrected chi connectivity index (χ4v) is 4.65. The molecular weight excluding hydrogens is 399 g/mol. The number of aromatic hydroxyl groups is 1. The summed E-state index contributed by atoms with van der Waals surface area (Å²) in [6.07, 6.45) is 3.48. The van der Waals surface area contributed by atoms with Crippen LogP contribution < -0.4 is 10.1 Å². The van der Waals surface area contributed by atoms with Crippen LogP contribution in [0.3, 0.4) is 0 Å². The van der Waals surface area contributed by atoms with Crippen molar-refractivity contribution in [2.45, 2.75) is 63.4 Å². The van der Waals surface area contributed by atoms with Crippen molar-refractivity contribution in [3.05, 3.63) is 42.2 Å². The van der Waals surface area contributed by atoms with E-state index < -0.39 is 17.8 Å². The zero-order valence-corrected chi connectivity index (χ0v) is 17.5. The van der Waals surface area contributed by atoms with Crippen molar-refractivity contribution >= 4 is 0 Å². The Hall–Kier alpha value is -3.07. The van der Waals surface area contributed by atoms with Gasteiger partial charge in [-0.25, -0.2) is 4.39 Å². The quantitative estimate of drug-likeness (QED) is 0.664. The fraction of sp³-hybridized carbons (Fsp3) is 0.455. The molecule has 2 aromatic heterocycles. The molecule has 162 valence electrons. The molecule has 2 saturated heterocycles. The summed E-state index contributed by atoms with van der Waals surface area (Å²) < 4.78 is 21.0. The van der Waals surface area contributed by atoms with Crippen LogP contribution in [0.15, 0.2) is 36.5 Å². The van der Waals surface area contributed by atoms with Crippen LogP contribution in [0, 0.1) is 6.92 Å². The molecule has 8 nitrogen and oxygen atoms in total. The Kier molecular flexibility index (Phi) is 4.85. The SMILES string of the molecule is Cc1cnn(-c2ccc(-c3ccc(O[C@@H]4CC5CCC[C@](C)(N5)[C@@H]4F)nn3)c(O)c2)n1. The van der Waals surface area contributed by atoms with E-state index in [0.717, 1.165) is 25.0 Å². The number of phenols is 1. The van der Waals surface area contributed by atoms with Gasteiger partial charge in [0.25, 0.3) is 0 Å². The molecule has 3 aromatic rings. The molecule has 2 aliphatic rings. The predicted octanol–water partition coefficient (Wildman–Crippen LogP) is 3.13. The van der Waals surface area contributed by atoms with E-state index in [-0.39, 0.29) is 17.7 Å². The Bertz CT molecular complexity index is 1090. The van der Waals surface area contributed by atoms with Crippen molar-refractivity contribution < 1.29 is 14.2 Å². The summed E-state index contributed by atoms with van der Waals surface area (Å²) in [5, 5.41) is 30.6. The van der Waals surface area contributed by atoms with Gasteiger partial charge in [-0.1, -0.05) is 0 Å². The van der Waals surface area contributed by atoms with Crippen molar-refractivity contribution in [2.24, 2.45) is 0 Å². The molecule has 1 aromatic carbocycles. The van der Waals surface area contributed by atoms with Gasteiger partial charge in [0, 0.05) is 30.2 Å². The van der Waals surface area contributed by atoms with Gasteiger partial charge in [0.05, 0.1) is 28.8 Å². The van der Waals surface area contributed by atoms with Crippen LogP contribution in [0.1, 0.15) is 38.3 Å². The smallest absolute Gasteiger partial charge is 0.233 e. The maximum absolute atomic E-state index is 15.1. The number of benzene rings is 1. The van der Waals surface area contributed by atoms with E-state index >= 15 is 4.39 Å². The van der Waals surface area contributed by atoms with Gasteiger partial charge in [-0.2, -0.15) is 15.0 Å². The lowest BCUT2D eigenvalue weighted by Gasteiger charge is -2.49. The Labute approximate surface area is 179 Å². The average molecular weight is 424 g/mol. The second-order valence-corrected chi connectivity index (χ2v) is 8.68. The van der Waals surface area contributed by atoms with E-state index in [0.29, 0.717) is 23.4 Å². The standard InChI is InChI=1S/C22H25FN6O2/c1-13-12-24-29(28-13)15-5-6-16(18(30)11-15)17-7-8-20(27-26-17)31-19-10-14-4-3-9-22(2,25-14)21(19)23/h5-8,11-12,14,19,21,25,30H,3-4,9-10H2,1-2H3/t14?,19-,21-,22+/m1/s1. The van der Waals surface area contributed by atoms with Crippen LogP contribution in [0.5, 0.6) is 11.6 Å². The number of fused-ring (bicyclic) bond motifs is 2. The zero-order chi connectivity index (χ0) is 21.6. The normalized spacial score (nSPS) is 27.8. The third-order valence-electron chi connectivity index (χ3n) is 6.24. The number of nitrogens with zero attached hydrogens (tertiary/aromatic N) is 5. The molecular formula is C22H25FN6O2. The first-order chi connectivity index (χ1) is 14.9. The minimum absolute atomic E-state index is 0.0401. The second-order valence-electron chi connectivity index (χ2n) is 8.68. The van der Waals surface area contributed by atoms with E-state index in [9.17, 15) is 5.11 Å². The van der Waals surface area contributed by atoms with Gasteiger partial charge in [0.15, 0.2) is 6.17 Å². The Balaban J connectivity index is 1.32. The average Bonchev–Trinajstić information content (AvgIpc) is 3.19. The van der Waals surface area contributed by atoms with Gasteiger partial charge in [0.2, 0.25) is 5.88 Å². The van der Waals surface area contributed by atoms with Crippen molar-refractivity contribution in [3.8, 4) is 28.6 Å². The zero-order valence-electron chi connectivity index (χ0n) is 17.5. The predicted molar refractivity (Wildman–Crippen MR) is 112 cm³/mol. The van der Waals surface area contributed by atoms with E-state index in [1.165, 1.54) is 4.80 Å². The Morgan fingerprint density at radius 3 is 2.84 bits per heavy atom. The first-order valence-corrected chi connectivity index (χ1v) is 10.6. The van der Waals surface area contributed by atoms with E-state index in [2.05, 4.69) is 25.7 Å². The van der Waals surface area contributed by atoms with Crippen molar-refractivity contribution in [3.63, 3.8) is 0 Å². The number of aromatic nitrogens is 5. The summed E-state index contributed by atoms with van der Waals surface area (Å²) in [6.45, 7) is 3.78. The van der Waals surface area contributed by atoms with Crippen LogP contribution in [0.4, 0.5) is 4.39 Å². The number of piperidine rings is 2. The number of rotatable bonds is 4. The molecule has 0 amide bonds. The molecule has 0 spiro atoms. The lowest BCUT2D eigenvalue weighted by molar-refractivity contribution is -0.0349. The molecule has 2 bridgehead atoms. The largest absolute Gasteiger partial charge is 0.507 e. The van der Waals surface area contributed by atoms with Crippen molar-refractivity contribution in [2.75, 3.05) is 0 Å². The molecule has 9 heteroatoms. The maximum Gasteiger partial charge on any atom is 0.233 e. The number of hydrogen-bond donors (Lipinski definition) is 2. The summed E-state index contributed by atoms with van der Waals surface area (Å²) in [5.41, 5.74) is 1.90. The van der Waals surface area contributed by atoms with Gasteiger partial charge < -0.3 is 15.2 Å². The molecule has 2 aliphatic heterocycles. The van der Waals surface area contributed by atoms with E-state index in [4.69, 9.17) is 4.74 Å². The first-order valence-electron chi connectivity index (χ1n) is 10.6. The Morgan fingerprint density at radius 2 is 2.13 bits per heavy atom. The summed E-state index contributed by atoms with van der Waals surface area (Å²) >= 11 is 0. The van der Waals surface area contributed by atoms with Gasteiger partial charge in [0.1, 0.15) is 11.9 Å². The highest BCUT2D eigenvalue weighted by atomic mass is 19.1. The summed E-state index contributed by atoms with van der Waals surface area (Å²) in [6, 6.07) is 8.75. The van der Waals surface area contributed by atoms with Gasteiger partial charge >= 0.3 is 0 Å². The maximum atomic E-state index is 15.1. The molecule has 1 unspecified atom stereocenters. The van der Waals surface area contributed by atoms with Crippen LogP contribution in [-0.4, -0.2) is 54.2 Å². The molecule has 2 fully saturated rings. The Morgan fingerprint density at radius 1 is 1.26 bits per heavy atom. The number of nitrogens with one attached hydrogen (secondary N) is 1. The van der Waals surface area contributed by atoms with Crippen LogP contribution >= 0.6 is 0 Å². The minimum atomic E-state index is -1.11. The lowest BCUT2D eigenvalue weighted by atomic mass is 9.75. The van der Waals surface area contributed by atoms with Gasteiger partial charge in [-0.3, -0.25) is 0 Å². The summed E-state index contributed by atoms with van der Waals surface area (Å²) in [7, 11) is 0. The number of halogens is 1. The second kappa shape index (κ2) is 7.56. The van der Waals surface area contributed by atoms with Gasteiger partial charge in [-0.05, 0) is 51.3 Å². The molecule has 4 atom stereocenters. The van der Waals surface area contributed by atoms with Crippen molar-refractivity contribution in [1.29, 1.82) is 0 Å². The number of aryl methyl sites for hydroxylation is 1. The van der Waals surface area contributed by atoms with Crippen LogP contribution in [-0.2, 0) is 0 Å². The van der Waals surface area contributed by atoms with Crippen LogP contribution in [0.25, 0.3) is 16.9 Å².